The number of alkyl halides is 12. The molecule has 2 aliphatic heterocycles. The quantitative estimate of drug-likeness (QED) is 0.402. The lowest BCUT2D eigenvalue weighted by Gasteiger charge is -2.26. The van der Waals surface area contributed by atoms with Gasteiger partial charge in [0, 0.05) is 26.2 Å². The largest absolute Gasteiger partial charge is 0.512 e. The van der Waals surface area contributed by atoms with Crippen LogP contribution in [0, 0.1) is 0 Å². The van der Waals surface area contributed by atoms with Crippen LogP contribution < -0.4 is 8.25 Å². The van der Waals surface area contributed by atoms with E-state index >= 15 is 0 Å². The molecule has 2 saturated heterocycles. The molecular weight excluding hydrogens is 684 g/mol. The summed E-state index contributed by atoms with van der Waals surface area (Å²) in [5.74, 6) is 0. The second-order valence-corrected chi connectivity index (χ2v) is 14.5. The zero-order valence-electron chi connectivity index (χ0n) is 19.0. The number of halogens is 12. The maximum atomic E-state index is 11.5. The van der Waals surface area contributed by atoms with Gasteiger partial charge in [-0.05, 0) is 25.7 Å². The number of hydrogen-bond acceptors (Lipinski definition) is 10. The van der Waals surface area contributed by atoms with Crippen LogP contribution in [-0.4, -0.2) is 91.9 Å². The number of hydrogen-bond donors (Lipinski definition) is 2. The van der Waals surface area contributed by atoms with Crippen LogP contribution in [0.3, 0.4) is 0 Å². The molecule has 0 unspecified atom stereocenters. The van der Waals surface area contributed by atoms with Gasteiger partial charge < -0.3 is 0 Å². The SMILES string of the molecule is C1CCN(N2CCCC2)C1.O=S(=O)(NS(=O)(=O)C(F)(F)F)C(F)(F)F.O=S(=O)(NS(=O)(=O)C(F)(F)F)C(F)(F)F. The van der Waals surface area contributed by atoms with Crippen molar-refractivity contribution in [1.29, 1.82) is 0 Å². The topological polar surface area (TPSA) is 167 Å². The van der Waals surface area contributed by atoms with Gasteiger partial charge in [-0.1, -0.05) is 8.25 Å². The molecule has 0 spiro atoms. The first-order valence-corrected chi connectivity index (χ1v) is 15.6. The zero-order valence-corrected chi connectivity index (χ0v) is 22.3. The molecule has 2 rings (SSSR count). The highest BCUT2D eigenvalue weighted by Gasteiger charge is 2.56. The summed E-state index contributed by atoms with van der Waals surface area (Å²) >= 11 is 0. The Kier molecular flexibility index (Phi) is 12.6. The highest BCUT2D eigenvalue weighted by Crippen LogP contribution is 2.28. The summed E-state index contributed by atoms with van der Waals surface area (Å²) in [6.45, 7) is 5.28. The third-order valence-corrected chi connectivity index (χ3v) is 10.2. The number of rotatable bonds is 5. The molecule has 2 fully saturated rings. The predicted molar refractivity (Wildman–Crippen MR) is 108 cm³/mol. The maximum absolute atomic E-state index is 11.5. The van der Waals surface area contributed by atoms with E-state index in [9.17, 15) is 86.4 Å². The normalized spacial score (nSPS) is 19.0. The molecule has 0 aliphatic carbocycles. The summed E-state index contributed by atoms with van der Waals surface area (Å²) in [6, 6.07) is 0. The van der Waals surface area contributed by atoms with Crippen LogP contribution >= 0.6 is 0 Å². The number of hydrazine groups is 1. The fourth-order valence-corrected chi connectivity index (χ4v) is 6.27. The highest BCUT2D eigenvalue weighted by molar-refractivity contribution is 8.06. The van der Waals surface area contributed by atoms with E-state index in [-0.39, 0.29) is 0 Å². The molecule has 12 nitrogen and oxygen atoms in total. The monoisotopic (exact) mass is 702 g/mol. The predicted octanol–water partition coefficient (Wildman–Crippen LogP) is 1.64. The second-order valence-electron chi connectivity index (χ2n) is 7.28. The molecule has 2 N–H and O–H groups in total. The van der Waals surface area contributed by atoms with Gasteiger partial charge in [-0.25, -0.2) is 43.7 Å². The fourth-order valence-electron chi connectivity index (χ4n) is 2.44. The molecule has 40 heavy (non-hydrogen) atoms. The molecule has 0 aromatic rings. The van der Waals surface area contributed by atoms with Gasteiger partial charge in [0.1, 0.15) is 0 Å². The molecule has 242 valence electrons. The maximum Gasteiger partial charge on any atom is 0.512 e. The van der Waals surface area contributed by atoms with Crippen LogP contribution in [0.25, 0.3) is 0 Å². The number of nitrogens with zero attached hydrogens (tertiary/aromatic N) is 2. The Bertz CT molecular complexity index is 1080. The first kappa shape index (κ1) is 38.8. The van der Waals surface area contributed by atoms with E-state index in [2.05, 4.69) is 10.0 Å². The molecule has 28 heteroatoms. The van der Waals surface area contributed by atoms with E-state index in [0.717, 1.165) is 0 Å². The average molecular weight is 703 g/mol. The molecule has 2 aliphatic rings. The van der Waals surface area contributed by atoms with Crippen molar-refractivity contribution < 1.29 is 86.4 Å². The summed E-state index contributed by atoms with van der Waals surface area (Å²) in [6.07, 6.45) is 5.65. The highest BCUT2D eigenvalue weighted by atomic mass is 32.3. The summed E-state index contributed by atoms with van der Waals surface area (Å²) in [5.41, 5.74) is -24.6. The van der Waals surface area contributed by atoms with E-state index in [1.54, 1.807) is 0 Å². The Balaban J connectivity index is 0.000000580. The van der Waals surface area contributed by atoms with Gasteiger partial charge in [-0.15, -0.1) is 0 Å². The molecule has 2 heterocycles. The van der Waals surface area contributed by atoms with E-state index in [4.69, 9.17) is 0 Å². The number of nitrogens with one attached hydrogen (secondary N) is 2. The lowest BCUT2D eigenvalue weighted by molar-refractivity contribution is -0.0487. The standard InChI is InChI=1S/C8H16N2.2C2HF6NO4S2/c1-2-6-9(5-1)10-7-3-4-8-10;2*3-1(4,5)14(10,11)9-15(12,13)2(6,7)8/h1-8H2;2*9H. The molecule has 0 saturated carbocycles. The van der Waals surface area contributed by atoms with Crippen molar-refractivity contribution in [2.45, 2.75) is 47.7 Å². The van der Waals surface area contributed by atoms with Crippen LogP contribution in [0.1, 0.15) is 25.7 Å². The minimum absolute atomic E-state index is 0.493. The van der Waals surface area contributed by atoms with Crippen molar-refractivity contribution in [3.8, 4) is 0 Å². The van der Waals surface area contributed by atoms with Crippen LogP contribution in [-0.2, 0) is 40.1 Å². The van der Waals surface area contributed by atoms with Gasteiger partial charge in [-0.2, -0.15) is 52.7 Å². The molecule has 0 aromatic carbocycles. The number of sulfonamides is 4. The van der Waals surface area contributed by atoms with Crippen molar-refractivity contribution >= 4 is 40.1 Å². The summed E-state index contributed by atoms with van der Waals surface area (Å²) < 4.78 is 217. The van der Waals surface area contributed by atoms with Crippen LogP contribution in [0.2, 0.25) is 0 Å². The van der Waals surface area contributed by atoms with Gasteiger partial charge in [-0.3, -0.25) is 0 Å². The third kappa shape index (κ3) is 11.2. The molecule has 0 aromatic heterocycles. The lowest BCUT2D eigenvalue weighted by atomic mass is 10.4. The third-order valence-electron chi connectivity index (χ3n) is 4.22. The summed E-state index contributed by atoms with van der Waals surface area (Å²) in [7, 11) is -26.4. The Labute approximate surface area is 218 Å². The smallest absolute Gasteiger partial charge is 0.242 e. The van der Waals surface area contributed by atoms with Crippen LogP contribution in [0.4, 0.5) is 52.7 Å². The van der Waals surface area contributed by atoms with E-state index in [0.29, 0.717) is 0 Å². The van der Waals surface area contributed by atoms with Crippen molar-refractivity contribution in [1.82, 2.24) is 18.3 Å². The summed E-state index contributed by atoms with van der Waals surface area (Å²) in [4.78, 5) is 0. The Morgan fingerprint density at radius 3 is 0.650 bits per heavy atom. The zero-order chi connectivity index (χ0) is 32.2. The fraction of sp³-hybridized carbons (Fsp3) is 1.00. The van der Waals surface area contributed by atoms with Crippen molar-refractivity contribution in [3.05, 3.63) is 0 Å². The minimum Gasteiger partial charge on any atom is -0.242 e. The van der Waals surface area contributed by atoms with Crippen molar-refractivity contribution in [2.24, 2.45) is 0 Å². The Morgan fingerprint density at radius 2 is 0.525 bits per heavy atom. The molecule has 0 amide bonds. The van der Waals surface area contributed by atoms with Crippen LogP contribution in [0.15, 0.2) is 0 Å². The molecular formula is C12H18F12N4O8S4. The van der Waals surface area contributed by atoms with Gasteiger partial charge >= 0.3 is 62.1 Å². The van der Waals surface area contributed by atoms with Gasteiger partial charge in [0.25, 0.3) is 0 Å². The first-order chi connectivity index (χ1) is 17.4. The van der Waals surface area contributed by atoms with E-state index < -0.39 is 70.4 Å². The van der Waals surface area contributed by atoms with Crippen LogP contribution in [0.5, 0.6) is 0 Å². The Morgan fingerprint density at radius 1 is 0.375 bits per heavy atom. The molecule has 0 bridgehead atoms. The van der Waals surface area contributed by atoms with Gasteiger partial charge in [0.2, 0.25) is 0 Å². The van der Waals surface area contributed by atoms with Crippen molar-refractivity contribution in [3.63, 3.8) is 0 Å². The van der Waals surface area contributed by atoms with E-state index in [1.165, 1.54) is 51.9 Å². The molecule has 0 radical (unpaired) electrons. The first-order valence-electron chi connectivity index (χ1n) is 9.70. The van der Waals surface area contributed by atoms with Crippen molar-refractivity contribution in [2.75, 3.05) is 26.2 Å². The molecule has 0 atom stereocenters. The minimum atomic E-state index is -6.60. The Hall–Kier alpha value is -1.20. The second kappa shape index (κ2) is 13.0. The summed E-state index contributed by atoms with van der Waals surface area (Å²) in [5, 5.41) is 5.07. The van der Waals surface area contributed by atoms with Gasteiger partial charge in [0.05, 0.1) is 0 Å². The van der Waals surface area contributed by atoms with E-state index in [1.807, 2.05) is 0 Å². The lowest BCUT2D eigenvalue weighted by Crippen LogP contribution is -2.45. The van der Waals surface area contributed by atoms with Gasteiger partial charge in [0.15, 0.2) is 0 Å². The average Bonchev–Trinajstić information content (AvgIpc) is 3.38.